The van der Waals surface area contributed by atoms with Gasteiger partial charge in [0.2, 0.25) is 5.88 Å². The molecule has 0 atom stereocenters. The summed E-state index contributed by atoms with van der Waals surface area (Å²) in [5.41, 5.74) is 3.34. The number of rotatable bonds is 2. The summed E-state index contributed by atoms with van der Waals surface area (Å²) in [4.78, 5) is 4.15. The SMILES string of the molecule is COc1cc(-c2ccc(Cl)cc2)c(C)cn1. The van der Waals surface area contributed by atoms with Gasteiger partial charge in [-0.1, -0.05) is 23.7 Å². The van der Waals surface area contributed by atoms with Gasteiger partial charge >= 0.3 is 0 Å². The number of aryl methyl sites for hydroxylation is 1. The van der Waals surface area contributed by atoms with E-state index in [9.17, 15) is 0 Å². The highest BCUT2D eigenvalue weighted by molar-refractivity contribution is 6.30. The third-order valence-corrected chi connectivity index (χ3v) is 2.69. The van der Waals surface area contributed by atoms with E-state index in [1.807, 2.05) is 43.5 Å². The molecule has 0 aliphatic heterocycles. The minimum atomic E-state index is 0.621. The van der Waals surface area contributed by atoms with Crippen LogP contribution in [0.4, 0.5) is 0 Å². The van der Waals surface area contributed by atoms with Gasteiger partial charge in [-0.05, 0) is 35.7 Å². The van der Waals surface area contributed by atoms with Crippen LogP contribution >= 0.6 is 11.6 Å². The molecular formula is C13H12ClNO. The predicted molar refractivity (Wildman–Crippen MR) is 66.0 cm³/mol. The average molecular weight is 234 g/mol. The summed E-state index contributed by atoms with van der Waals surface area (Å²) in [6.45, 7) is 2.02. The number of methoxy groups -OCH3 is 1. The summed E-state index contributed by atoms with van der Waals surface area (Å²) in [6.07, 6.45) is 1.81. The molecule has 0 unspecified atom stereocenters. The van der Waals surface area contributed by atoms with E-state index in [-0.39, 0.29) is 0 Å². The van der Waals surface area contributed by atoms with Crippen molar-refractivity contribution in [3.05, 3.63) is 47.1 Å². The summed E-state index contributed by atoms with van der Waals surface area (Å²) in [6, 6.07) is 9.67. The number of nitrogens with zero attached hydrogens (tertiary/aromatic N) is 1. The Hall–Kier alpha value is -1.54. The maximum Gasteiger partial charge on any atom is 0.213 e. The highest BCUT2D eigenvalue weighted by Gasteiger charge is 2.04. The number of benzene rings is 1. The van der Waals surface area contributed by atoms with Crippen LogP contribution in [0.3, 0.4) is 0 Å². The first-order valence-corrected chi connectivity index (χ1v) is 5.35. The molecule has 1 aromatic heterocycles. The van der Waals surface area contributed by atoms with Crippen molar-refractivity contribution < 1.29 is 4.74 Å². The molecule has 0 aliphatic carbocycles. The summed E-state index contributed by atoms with van der Waals surface area (Å²) >= 11 is 5.86. The second-order valence-corrected chi connectivity index (χ2v) is 3.98. The fraction of sp³-hybridized carbons (Fsp3) is 0.154. The van der Waals surface area contributed by atoms with Crippen LogP contribution in [0.1, 0.15) is 5.56 Å². The van der Waals surface area contributed by atoms with Crippen LogP contribution in [0, 0.1) is 6.92 Å². The van der Waals surface area contributed by atoms with E-state index < -0.39 is 0 Å². The molecular weight excluding hydrogens is 222 g/mol. The molecule has 16 heavy (non-hydrogen) atoms. The number of aromatic nitrogens is 1. The normalized spacial score (nSPS) is 10.2. The fourth-order valence-corrected chi connectivity index (χ4v) is 1.68. The fourth-order valence-electron chi connectivity index (χ4n) is 1.56. The first kappa shape index (κ1) is 11.0. The number of ether oxygens (including phenoxy) is 1. The third kappa shape index (κ3) is 2.17. The molecule has 3 heteroatoms. The van der Waals surface area contributed by atoms with Gasteiger partial charge in [-0.2, -0.15) is 0 Å². The van der Waals surface area contributed by atoms with Crippen molar-refractivity contribution in [2.75, 3.05) is 7.11 Å². The zero-order valence-corrected chi connectivity index (χ0v) is 9.95. The minimum absolute atomic E-state index is 0.621. The Morgan fingerprint density at radius 1 is 1.19 bits per heavy atom. The minimum Gasteiger partial charge on any atom is -0.481 e. The lowest BCUT2D eigenvalue weighted by atomic mass is 10.0. The Labute approximate surface area is 99.9 Å². The molecule has 0 spiro atoms. The van der Waals surface area contributed by atoms with E-state index in [0.717, 1.165) is 21.7 Å². The van der Waals surface area contributed by atoms with E-state index in [4.69, 9.17) is 16.3 Å². The zero-order chi connectivity index (χ0) is 11.5. The molecule has 0 bridgehead atoms. The summed E-state index contributed by atoms with van der Waals surface area (Å²) in [5.74, 6) is 0.621. The van der Waals surface area contributed by atoms with Crippen molar-refractivity contribution in [2.45, 2.75) is 6.92 Å². The quantitative estimate of drug-likeness (QED) is 0.789. The maximum atomic E-state index is 5.86. The van der Waals surface area contributed by atoms with Gasteiger partial charge in [0.1, 0.15) is 0 Å². The van der Waals surface area contributed by atoms with Crippen molar-refractivity contribution in [3.8, 4) is 17.0 Å². The van der Waals surface area contributed by atoms with Crippen molar-refractivity contribution in [3.63, 3.8) is 0 Å². The second-order valence-electron chi connectivity index (χ2n) is 3.55. The molecule has 0 saturated carbocycles. The number of hydrogen-bond donors (Lipinski definition) is 0. The van der Waals surface area contributed by atoms with Gasteiger partial charge in [0.25, 0.3) is 0 Å². The standard InChI is InChI=1S/C13H12ClNO/c1-9-8-15-13(16-2)7-12(9)10-3-5-11(14)6-4-10/h3-8H,1-2H3. The van der Waals surface area contributed by atoms with Gasteiger partial charge in [0.05, 0.1) is 7.11 Å². The van der Waals surface area contributed by atoms with Crippen molar-refractivity contribution in [2.24, 2.45) is 0 Å². The molecule has 1 aromatic carbocycles. The monoisotopic (exact) mass is 233 g/mol. The number of hydrogen-bond acceptors (Lipinski definition) is 2. The van der Waals surface area contributed by atoms with E-state index in [1.54, 1.807) is 7.11 Å². The van der Waals surface area contributed by atoms with Gasteiger partial charge < -0.3 is 4.74 Å². The molecule has 0 saturated heterocycles. The highest BCUT2D eigenvalue weighted by atomic mass is 35.5. The Bertz CT molecular complexity index is 494. The molecule has 2 nitrogen and oxygen atoms in total. The van der Waals surface area contributed by atoms with Crippen LogP contribution in [-0.2, 0) is 0 Å². The molecule has 2 aromatic rings. The molecule has 1 heterocycles. The van der Waals surface area contributed by atoms with Crippen LogP contribution < -0.4 is 4.74 Å². The van der Waals surface area contributed by atoms with Crippen molar-refractivity contribution >= 4 is 11.6 Å². The van der Waals surface area contributed by atoms with Crippen LogP contribution in [0.15, 0.2) is 36.5 Å². The molecule has 82 valence electrons. The third-order valence-electron chi connectivity index (χ3n) is 2.44. The number of pyridine rings is 1. The Morgan fingerprint density at radius 2 is 1.88 bits per heavy atom. The summed E-state index contributed by atoms with van der Waals surface area (Å²) in [5, 5.41) is 0.738. The van der Waals surface area contributed by atoms with Gasteiger partial charge in [-0.3, -0.25) is 0 Å². The predicted octanol–water partition coefficient (Wildman–Crippen LogP) is 3.72. The lowest BCUT2D eigenvalue weighted by Gasteiger charge is -2.07. The molecule has 0 fully saturated rings. The number of halogens is 1. The van der Waals surface area contributed by atoms with E-state index >= 15 is 0 Å². The lowest BCUT2D eigenvalue weighted by Crippen LogP contribution is -1.90. The Kier molecular flexibility index (Phi) is 3.11. The first-order valence-electron chi connectivity index (χ1n) is 4.97. The highest BCUT2D eigenvalue weighted by Crippen LogP contribution is 2.26. The van der Waals surface area contributed by atoms with Crippen molar-refractivity contribution in [1.82, 2.24) is 4.98 Å². The molecule has 0 amide bonds. The van der Waals surface area contributed by atoms with Gasteiger partial charge in [0, 0.05) is 17.3 Å². The van der Waals surface area contributed by atoms with Gasteiger partial charge in [-0.15, -0.1) is 0 Å². The topological polar surface area (TPSA) is 22.1 Å². The largest absolute Gasteiger partial charge is 0.481 e. The zero-order valence-electron chi connectivity index (χ0n) is 9.20. The van der Waals surface area contributed by atoms with E-state index in [0.29, 0.717) is 5.88 Å². The molecule has 0 aliphatic rings. The smallest absolute Gasteiger partial charge is 0.213 e. The van der Waals surface area contributed by atoms with Crippen molar-refractivity contribution in [1.29, 1.82) is 0 Å². The van der Waals surface area contributed by atoms with E-state index in [2.05, 4.69) is 4.98 Å². The lowest BCUT2D eigenvalue weighted by molar-refractivity contribution is 0.398. The first-order chi connectivity index (χ1) is 7.70. The van der Waals surface area contributed by atoms with E-state index in [1.165, 1.54) is 0 Å². The Balaban J connectivity index is 2.50. The van der Waals surface area contributed by atoms with Crippen LogP contribution in [0.25, 0.3) is 11.1 Å². The molecule has 0 radical (unpaired) electrons. The van der Waals surface area contributed by atoms with Gasteiger partial charge in [-0.25, -0.2) is 4.98 Å². The van der Waals surface area contributed by atoms with Crippen LogP contribution in [-0.4, -0.2) is 12.1 Å². The van der Waals surface area contributed by atoms with Crippen LogP contribution in [0.2, 0.25) is 5.02 Å². The summed E-state index contributed by atoms with van der Waals surface area (Å²) < 4.78 is 5.12. The summed E-state index contributed by atoms with van der Waals surface area (Å²) in [7, 11) is 1.61. The second kappa shape index (κ2) is 4.54. The van der Waals surface area contributed by atoms with Gasteiger partial charge in [0.15, 0.2) is 0 Å². The maximum absolute atomic E-state index is 5.86. The molecule has 2 rings (SSSR count). The van der Waals surface area contributed by atoms with Crippen LogP contribution in [0.5, 0.6) is 5.88 Å². The average Bonchev–Trinajstić information content (AvgIpc) is 2.31. The molecule has 0 N–H and O–H groups in total. The Morgan fingerprint density at radius 3 is 2.50 bits per heavy atom.